The highest BCUT2D eigenvalue weighted by Gasteiger charge is 2.06. The highest BCUT2D eigenvalue weighted by molar-refractivity contribution is 9.10. The van der Waals surface area contributed by atoms with Crippen LogP contribution in [0.2, 0.25) is 0 Å². The Bertz CT molecular complexity index is 768. The van der Waals surface area contributed by atoms with Crippen molar-refractivity contribution in [2.75, 3.05) is 5.32 Å². The Morgan fingerprint density at radius 2 is 1.76 bits per heavy atom. The summed E-state index contributed by atoms with van der Waals surface area (Å²) in [6.45, 7) is 5.06. The van der Waals surface area contributed by atoms with Gasteiger partial charge in [-0.2, -0.15) is 0 Å². The van der Waals surface area contributed by atoms with E-state index >= 15 is 0 Å². The molecule has 0 atom stereocenters. The van der Waals surface area contributed by atoms with E-state index in [4.69, 9.17) is 0 Å². The molecule has 2 aromatic carbocycles. The Kier molecular flexibility index (Phi) is 3.93. The SMILES string of the molecule is Cc1cc(Br)cc(C)c1NCc1ccnc2ccccc12. The Hall–Kier alpha value is -1.87. The van der Waals surface area contributed by atoms with Gasteiger partial charge in [0.25, 0.3) is 0 Å². The average Bonchev–Trinajstić information content (AvgIpc) is 2.46. The van der Waals surface area contributed by atoms with Crippen molar-refractivity contribution in [1.82, 2.24) is 4.98 Å². The lowest BCUT2D eigenvalue weighted by Gasteiger charge is -2.14. The van der Waals surface area contributed by atoms with Crippen molar-refractivity contribution < 1.29 is 0 Å². The fraction of sp³-hybridized carbons (Fsp3) is 0.167. The van der Waals surface area contributed by atoms with Crippen LogP contribution >= 0.6 is 15.9 Å². The van der Waals surface area contributed by atoms with Gasteiger partial charge in [0.05, 0.1) is 5.52 Å². The van der Waals surface area contributed by atoms with Crippen LogP contribution in [-0.2, 0) is 6.54 Å². The molecule has 0 saturated heterocycles. The van der Waals surface area contributed by atoms with Crippen LogP contribution in [0.5, 0.6) is 0 Å². The number of hydrogen-bond donors (Lipinski definition) is 1. The first-order valence-electron chi connectivity index (χ1n) is 6.98. The first-order valence-corrected chi connectivity index (χ1v) is 7.77. The van der Waals surface area contributed by atoms with E-state index in [1.807, 2.05) is 12.3 Å². The average molecular weight is 341 g/mol. The number of aryl methyl sites for hydroxylation is 2. The molecular formula is C18H17BrN2. The second-order valence-electron chi connectivity index (χ2n) is 5.26. The first-order chi connectivity index (χ1) is 10.1. The van der Waals surface area contributed by atoms with Crippen LogP contribution in [0, 0.1) is 13.8 Å². The van der Waals surface area contributed by atoms with Gasteiger partial charge in [0.1, 0.15) is 0 Å². The number of pyridine rings is 1. The zero-order chi connectivity index (χ0) is 14.8. The van der Waals surface area contributed by atoms with Gasteiger partial charge in [-0.15, -0.1) is 0 Å². The van der Waals surface area contributed by atoms with E-state index in [2.05, 4.69) is 76.5 Å². The molecule has 0 aliphatic rings. The molecule has 2 nitrogen and oxygen atoms in total. The summed E-state index contributed by atoms with van der Waals surface area (Å²) in [7, 11) is 0. The van der Waals surface area contributed by atoms with Crippen molar-refractivity contribution in [3.8, 4) is 0 Å². The third-order valence-corrected chi connectivity index (χ3v) is 4.15. The zero-order valence-electron chi connectivity index (χ0n) is 12.2. The Morgan fingerprint density at radius 3 is 2.52 bits per heavy atom. The maximum atomic E-state index is 4.41. The van der Waals surface area contributed by atoms with E-state index in [0.717, 1.165) is 16.5 Å². The molecule has 21 heavy (non-hydrogen) atoms. The Morgan fingerprint density at radius 1 is 1.05 bits per heavy atom. The second kappa shape index (κ2) is 5.86. The molecule has 0 amide bonds. The van der Waals surface area contributed by atoms with E-state index in [9.17, 15) is 0 Å². The number of para-hydroxylation sites is 1. The quantitative estimate of drug-likeness (QED) is 0.706. The fourth-order valence-corrected chi connectivity index (χ4v) is 3.37. The van der Waals surface area contributed by atoms with Crippen LogP contribution in [0.3, 0.4) is 0 Å². The van der Waals surface area contributed by atoms with Gasteiger partial charge in [-0.05, 0) is 54.8 Å². The minimum Gasteiger partial charge on any atom is -0.381 e. The lowest BCUT2D eigenvalue weighted by molar-refractivity contribution is 1.13. The molecular weight excluding hydrogens is 324 g/mol. The zero-order valence-corrected chi connectivity index (χ0v) is 13.7. The Balaban J connectivity index is 1.91. The van der Waals surface area contributed by atoms with Gasteiger partial charge < -0.3 is 5.32 Å². The van der Waals surface area contributed by atoms with Gasteiger partial charge >= 0.3 is 0 Å². The number of nitrogens with one attached hydrogen (secondary N) is 1. The van der Waals surface area contributed by atoms with E-state index in [1.54, 1.807) is 0 Å². The maximum absolute atomic E-state index is 4.41. The summed E-state index contributed by atoms with van der Waals surface area (Å²) in [6, 6.07) is 14.6. The van der Waals surface area contributed by atoms with Crippen molar-refractivity contribution in [2.45, 2.75) is 20.4 Å². The summed E-state index contributed by atoms with van der Waals surface area (Å²) >= 11 is 3.54. The van der Waals surface area contributed by atoms with Crippen LogP contribution in [0.25, 0.3) is 10.9 Å². The molecule has 0 aliphatic carbocycles. The monoisotopic (exact) mass is 340 g/mol. The minimum atomic E-state index is 0.798. The minimum absolute atomic E-state index is 0.798. The number of hydrogen-bond acceptors (Lipinski definition) is 2. The van der Waals surface area contributed by atoms with Crippen LogP contribution < -0.4 is 5.32 Å². The van der Waals surface area contributed by atoms with Crippen LogP contribution in [0.1, 0.15) is 16.7 Å². The van der Waals surface area contributed by atoms with E-state index in [0.29, 0.717) is 0 Å². The van der Waals surface area contributed by atoms with Gasteiger partial charge in [0.2, 0.25) is 0 Å². The summed E-state index contributed by atoms with van der Waals surface area (Å²) < 4.78 is 1.12. The molecule has 3 heteroatoms. The largest absolute Gasteiger partial charge is 0.381 e. The number of aromatic nitrogens is 1. The molecule has 0 unspecified atom stereocenters. The van der Waals surface area contributed by atoms with Crippen molar-refractivity contribution in [3.63, 3.8) is 0 Å². The van der Waals surface area contributed by atoms with Crippen LogP contribution in [0.4, 0.5) is 5.69 Å². The second-order valence-corrected chi connectivity index (χ2v) is 6.17. The number of fused-ring (bicyclic) bond motifs is 1. The van der Waals surface area contributed by atoms with E-state index in [-0.39, 0.29) is 0 Å². The topological polar surface area (TPSA) is 24.9 Å². The number of benzene rings is 2. The number of halogens is 1. The fourth-order valence-electron chi connectivity index (χ4n) is 2.68. The lowest BCUT2D eigenvalue weighted by Crippen LogP contribution is -2.04. The standard InChI is InChI=1S/C18H17BrN2/c1-12-9-15(19)10-13(2)18(12)21-11-14-7-8-20-17-6-4-3-5-16(14)17/h3-10,21H,11H2,1-2H3. The van der Waals surface area contributed by atoms with Gasteiger partial charge in [0, 0.05) is 28.3 Å². The van der Waals surface area contributed by atoms with Crippen molar-refractivity contribution >= 4 is 32.5 Å². The van der Waals surface area contributed by atoms with Crippen molar-refractivity contribution in [1.29, 1.82) is 0 Å². The predicted octanol–water partition coefficient (Wildman–Crippen LogP) is 5.23. The molecule has 1 N–H and O–H groups in total. The summed E-state index contributed by atoms with van der Waals surface area (Å²) in [5.74, 6) is 0. The molecule has 0 spiro atoms. The molecule has 0 radical (unpaired) electrons. The van der Waals surface area contributed by atoms with E-state index in [1.165, 1.54) is 27.8 Å². The lowest BCUT2D eigenvalue weighted by atomic mass is 10.1. The molecule has 0 saturated carbocycles. The number of nitrogens with zero attached hydrogens (tertiary/aromatic N) is 1. The summed E-state index contributed by atoms with van der Waals surface area (Å²) in [5.41, 5.74) is 6.02. The van der Waals surface area contributed by atoms with Crippen LogP contribution in [-0.4, -0.2) is 4.98 Å². The molecule has 106 valence electrons. The summed E-state index contributed by atoms with van der Waals surface area (Å²) in [5, 5.41) is 4.78. The van der Waals surface area contributed by atoms with Gasteiger partial charge in [-0.1, -0.05) is 34.1 Å². The third kappa shape index (κ3) is 2.93. The molecule has 1 aromatic heterocycles. The van der Waals surface area contributed by atoms with E-state index < -0.39 is 0 Å². The molecule has 3 rings (SSSR count). The summed E-state index contributed by atoms with van der Waals surface area (Å²) in [6.07, 6.45) is 1.88. The van der Waals surface area contributed by atoms with Crippen molar-refractivity contribution in [3.05, 3.63) is 69.8 Å². The highest BCUT2D eigenvalue weighted by Crippen LogP contribution is 2.26. The van der Waals surface area contributed by atoms with Crippen molar-refractivity contribution in [2.24, 2.45) is 0 Å². The molecule has 0 bridgehead atoms. The molecule has 0 aliphatic heterocycles. The van der Waals surface area contributed by atoms with Gasteiger partial charge in [-0.3, -0.25) is 4.98 Å². The Labute approximate surface area is 133 Å². The summed E-state index contributed by atoms with van der Waals surface area (Å²) in [4.78, 5) is 4.41. The van der Waals surface area contributed by atoms with Gasteiger partial charge in [0.15, 0.2) is 0 Å². The van der Waals surface area contributed by atoms with Crippen LogP contribution in [0.15, 0.2) is 53.1 Å². The normalized spacial score (nSPS) is 10.8. The number of rotatable bonds is 3. The maximum Gasteiger partial charge on any atom is 0.0705 e. The first kappa shape index (κ1) is 14.1. The van der Waals surface area contributed by atoms with Gasteiger partial charge in [-0.25, -0.2) is 0 Å². The number of anilines is 1. The molecule has 3 aromatic rings. The predicted molar refractivity (Wildman–Crippen MR) is 92.7 cm³/mol. The highest BCUT2D eigenvalue weighted by atomic mass is 79.9. The third-order valence-electron chi connectivity index (χ3n) is 3.69. The molecule has 1 heterocycles. The smallest absolute Gasteiger partial charge is 0.0705 e. The molecule has 0 fully saturated rings.